The molecule has 3 aromatic rings. The van der Waals surface area contributed by atoms with E-state index in [9.17, 15) is 9.59 Å². The molecule has 0 aliphatic heterocycles. The Morgan fingerprint density at radius 1 is 1.19 bits per heavy atom. The van der Waals surface area contributed by atoms with Crippen molar-refractivity contribution < 1.29 is 9.59 Å². The van der Waals surface area contributed by atoms with Crippen LogP contribution >= 0.6 is 39.3 Å². The first kappa shape index (κ1) is 24.3. The lowest BCUT2D eigenvalue weighted by Crippen LogP contribution is -2.28. The van der Waals surface area contributed by atoms with Gasteiger partial charge in [-0.15, -0.1) is 10.2 Å². The summed E-state index contributed by atoms with van der Waals surface area (Å²) >= 11 is 10.6. The third-order valence-corrected chi connectivity index (χ3v) is 6.41. The van der Waals surface area contributed by atoms with Crippen molar-refractivity contribution in [3.05, 3.63) is 68.9 Å². The molecule has 0 fully saturated rings. The number of carbonyl (C=O) groups is 2. The van der Waals surface area contributed by atoms with Crippen LogP contribution in [0, 0.1) is 6.92 Å². The summed E-state index contributed by atoms with van der Waals surface area (Å²) in [6, 6.07) is 12.0. The lowest BCUT2D eigenvalue weighted by molar-refractivity contribution is -0.113. The molecule has 0 bridgehead atoms. The van der Waals surface area contributed by atoms with Crippen LogP contribution in [0.2, 0.25) is 5.02 Å². The predicted octanol–water partition coefficient (Wildman–Crippen LogP) is 5.24. The molecule has 3 rings (SSSR count). The van der Waals surface area contributed by atoms with Gasteiger partial charge in [0, 0.05) is 27.3 Å². The van der Waals surface area contributed by atoms with Crippen molar-refractivity contribution in [1.82, 2.24) is 20.1 Å². The molecule has 0 aliphatic carbocycles. The highest BCUT2D eigenvalue weighted by molar-refractivity contribution is 9.10. The second kappa shape index (κ2) is 11.0. The van der Waals surface area contributed by atoms with Crippen LogP contribution in [0.5, 0.6) is 0 Å². The molecule has 2 N–H and O–H groups in total. The first-order chi connectivity index (χ1) is 15.3. The van der Waals surface area contributed by atoms with Gasteiger partial charge in [0.2, 0.25) is 5.91 Å². The topological polar surface area (TPSA) is 88.9 Å². The number of aromatic nitrogens is 3. The highest BCUT2D eigenvalue weighted by Gasteiger charge is 2.20. The maximum atomic E-state index is 12.5. The number of amides is 2. The Bertz CT molecular complexity index is 1120. The molecule has 0 saturated heterocycles. The minimum absolute atomic E-state index is 0.128. The first-order valence-electron chi connectivity index (χ1n) is 9.96. The molecule has 0 aliphatic rings. The predicted molar refractivity (Wildman–Crippen MR) is 131 cm³/mol. The zero-order valence-electron chi connectivity index (χ0n) is 17.9. The van der Waals surface area contributed by atoms with Gasteiger partial charge in [-0.25, -0.2) is 0 Å². The van der Waals surface area contributed by atoms with E-state index in [0.29, 0.717) is 28.1 Å². The molecule has 168 valence electrons. The van der Waals surface area contributed by atoms with E-state index in [1.165, 1.54) is 11.8 Å². The van der Waals surface area contributed by atoms with Crippen LogP contribution in [-0.2, 0) is 11.3 Å². The van der Waals surface area contributed by atoms with Crippen molar-refractivity contribution in [2.24, 2.45) is 0 Å². The van der Waals surface area contributed by atoms with E-state index >= 15 is 0 Å². The van der Waals surface area contributed by atoms with Crippen molar-refractivity contribution >= 4 is 56.8 Å². The SMILES string of the molecule is CCn1c(SCC(=O)Nc2ccc(Br)cc2C)nnc1C(C)NC(=O)c1ccc(Cl)cc1. The fraction of sp³-hybridized carbons (Fsp3) is 0.273. The van der Waals surface area contributed by atoms with Gasteiger partial charge in [-0.3, -0.25) is 9.59 Å². The van der Waals surface area contributed by atoms with Crippen LogP contribution in [-0.4, -0.2) is 32.3 Å². The summed E-state index contributed by atoms with van der Waals surface area (Å²) in [6.45, 7) is 6.36. The third-order valence-electron chi connectivity index (χ3n) is 4.70. The van der Waals surface area contributed by atoms with Crippen LogP contribution in [0.4, 0.5) is 5.69 Å². The fourth-order valence-electron chi connectivity index (χ4n) is 3.05. The zero-order chi connectivity index (χ0) is 23.3. The number of nitrogens with one attached hydrogen (secondary N) is 2. The van der Waals surface area contributed by atoms with E-state index in [1.807, 2.05) is 43.5 Å². The monoisotopic (exact) mass is 535 g/mol. The van der Waals surface area contributed by atoms with Gasteiger partial charge in [-0.1, -0.05) is 39.3 Å². The lowest BCUT2D eigenvalue weighted by Gasteiger charge is -2.15. The number of halogens is 2. The molecular weight excluding hydrogens is 514 g/mol. The van der Waals surface area contributed by atoms with Gasteiger partial charge in [0.25, 0.3) is 5.91 Å². The Morgan fingerprint density at radius 3 is 2.56 bits per heavy atom. The van der Waals surface area contributed by atoms with Gasteiger partial charge in [-0.2, -0.15) is 0 Å². The molecule has 2 amide bonds. The van der Waals surface area contributed by atoms with Crippen molar-refractivity contribution in [3.63, 3.8) is 0 Å². The second-order valence-corrected chi connectivity index (χ2v) is 9.38. The Hall–Kier alpha value is -2.36. The molecule has 0 spiro atoms. The van der Waals surface area contributed by atoms with E-state index < -0.39 is 0 Å². The molecular formula is C22H23BrClN5O2S. The second-order valence-electron chi connectivity index (χ2n) is 7.08. The fourth-order valence-corrected chi connectivity index (χ4v) is 4.46. The van der Waals surface area contributed by atoms with Crippen molar-refractivity contribution in [1.29, 1.82) is 0 Å². The summed E-state index contributed by atoms with van der Waals surface area (Å²) in [5, 5.41) is 15.5. The number of hydrogen-bond acceptors (Lipinski definition) is 5. The Balaban J connectivity index is 1.62. The van der Waals surface area contributed by atoms with E-state index in [-0.39, 0.29) is 23.6 Å². The zero-order valence-corrected chi connectivity index (χ0v) is 21.0. The highest BCUT2D eigenvalue weighted by atomic mass is 79.9. The highest BCUT2D eigenvalue weighted by Crippen LogP contribution is 2.23. The molecule has 1 unspecified atom stereocenters. The quantitative estimate of drug-likeness (QED) is 0.384. The van der Waals surface area contributed by atoms with Crippen LogP contribution in [0.3, 0.4) is 0 Å². The Kier molecular flexibility index (Phi) is 8.33. The molecule has 10 heteroatoms. The maximum absolute atomic E-state index is 12.5. The summed E-state index contributed by atoms with van der Waals surface area (Å²) in [5.41, 5.74) is 2.26. The maximum Gasteiger partial charge on any atom is 0.251 e. The number of benzene rings is 2. The third kappa shape index (κ3) is 6.11. The number of anilines is 1. The number of rotatable bonds is 8. The average molecular weight is 537 g/mol. The smallest absolute Gasteiger partial charge is 0.251 e. The summed E-state index contributed by atoms with van der Waals surface area (Å²) in [6.07, 6.45) is 0. The molecule has 0 radical (unpaired) electrons. The largest absolute Gasteiger partial charge is 0.342 e. The summed E-state index contributed by atoms with van der Waals surface area (Å²) in [4.78, 5) is 24.9. The lowest BCUT2D eigenvalue weighted by atomic mass is 10.2. The van der Waals surface area contributed by atoms with Crippen molar-refractivity contribution in [3.8, 4) is 0 Å². The van der Waals surface area contributed by atoms with Gasteiger partial charge in [0.15, 0.2) is 11.0 Å². The number of carbonyl (C=O) groups excluding carboxylic acids is 2. The standard InChI is InChI=1S/C22H23BrClN5O2S/c1-4-29-20(14(3)25-21(31)15-5-8-17(24)9-6-15)27-28-22(29)32-12-19(30)26-18-10-7-16(23)11-13(18)2/h5-11,14H,4,12H2,1-3H3,(H,25,31)(H,26,30). The average Bonchev–Trinajstić information content (AvgIpc) is 3.17. The van der Waals surface area contributed by atoms with Gasteiger partial charge in [0.1, 0.15) is 0 Å². The molecule has 2 aromatic carbocycles. The van der Waals surface area contributed by atoms with Gasteiger partial charge < -0.3 is 15.2 Å². The van der Waals surface area contributed by atoms with Gasteiger partial charge in [0.05, 0.1) is 11.8 Å². The van der Waals surface area contributed by atoms with Crippen molar-refractivity contribution in [2.45, 2.75) is 38.5 Å². The number of nitrogens with zero attached hydrogens (tertiary/aromatic N) is 3. The van der Waals surface area contributed by atoms with Gasteiger partial charge >= 0.3 is 0 Å². The molecule has 1 aromatic heterocycles. The van der Waals surface area contributed by atoms with Crippen LogP contribution < -0.4 is 10.6 Å². The van der Waals surface area contributed by atoms with Crippen LogP contribution in [0.1, 0.15) is 41.6 Å². The number of thioether (sulfide) groups is 1. The molecule has 1 heterocycles. The minimum atomic E-state index is -0.362. The van der Waals surface area contributed by atoms with Crippen molar-refractivity contribution in [2.75, 3.05) is 11.1 Å². The summed E-state index contributed by atoms with van der Waals surface area (Å²) in [5.74, 6) is 0.468. The molecule has 7 nitrogen and oxygen atoms in total. The minimum Gasteiger partial charge on any atom is -0.342 e. The van der Waals surface area contributed by atoms with Gasteiger partial charge in [-0.05, 0) is 68.8 Å². The van der Waals surface area contributed by atoms with E-state index in [1.54, 1.807) is 24.3 Å². The number of aryl methyl sites for hydroxylation is 1. The summed E-state index contributed by atoms with van der Waals surface area (Å²) in [7, 11) is 0. The van der Waals surface area contributed by atoms with Crippen LogP contribution in [0.15, 0.2) is 52.1 Å². The first-order valence-corrected chi connectivity index (χ1v) is 12.1. The Labute approximate surface area is 204 Å². The van der Waals surface area contributed by atoms with E-state index in [2.05, 4.69) is 36.8 Å². The molecule has 1 atom stereocenters. The normalized spacial score (nSPS) is 11.8. The number of hydrogen-bond donors (Lipinski definition) is 2. The van der Waals surface area contributed by atoms with E-state index in [0.717, 1.165) is 15.7 Å². The van der Waals surface area contributed by atoms with Crippen LogP contribution in [0.25, 0.3) is 0 Å². The Morgan fingerprint density at radius 2 is 1.91 bits per heavy atom. The molecule has 0 saturated carbocycles. The molecule has 32 heavy (non-hydrogen) atoms. The summed E-state index contributed by atoms with van der Waals surface area (Å²) < 4.78 is 2.86. The van der Waals surface area contributed by atoms with E-state index in [4.69, 9.17) is 11.6 Å².